The first-order valence-corrected chi connectivity index (χ1v) is 14.0. The van der Waals surface area contributed by atoms with E-state index < -0.39 is 21.7 Å². The second kappa shape index (κ2) is 10.8. The Kier molecular flexibility index (Phi) is 7.75. The third-order valence-corrected chi connectivity index (χ3v) is 7.83. The van der Waals surface area contributed by atoms with Gasteiger partial charge in [-0.3, -0.25) is 19.0 Å². The molecular formula is C28H24BrNO6S. The maximum absolute atomic E-state index is 13.7. The quantitative estimate of drug-likeness (QED) is 0.205. The molecule has 0 aliphatic heterocycles. The number of nitrogens with zero attached hydrogens (tertiary/aromatic N) is 1. The molecule has 0 saturated carbocycles. The molecule has 0 radical (unpaired) electrons. The van der Waals surface area contributed by atoms with Crippen LogP contribution in [0.2, 0.25) is 0 Å². The lowest BCUT2D eigenvalue weighted by Gasteiger charge is -2.19. The van der Waals surface area contributed by atoms with Crippen LogP contribution in [0.4, 0.5) is 0 Å². The highest BCUT2D eigenvalue weighted by molar-refractivity contribution is 9.10. The van der Waals surface area contributed by atoms with Gasteiger partial charge in [-0.2, -0.15) is 0 Å². The van der Waals surface area contributed by atoms with Gasteiger partial charge in [0.25, 0.3) is 5.56 Å². The molecule has 37 heavy (non-hydrogen) atoms. The average molecular weight is 582 g/mol. The fourth-order valence-electron chi connectivity index (χ4n) is 4.14. The molecule has 0 amide bonds. The van der Waals surface area contributed by atoms with Gasteiger partial charge < -0.3 is 4.74 Å². The minimum atomic E-state index is -3.82. The molecule has 0 saturated heterocycles. The van der Waals surface area contributed by atoms with Crippen LogP contribution in [0.1, 0.15) is 36.3 Å². The average Bonchev–Trinajstić information content (AvgIpc) is 2.89. The molecular weight excluding hydrogens is 558 g/mol. The van der Waals surface area contributed by atoms with Crippen LogP contribution in [-0.2, 0) is 25.9 Å². The van der Waals surface area contributed by atoms with Gasteiger partial charge in [0.1, 0.15) is 0 Å². The van der Waals surface area contributed by atoms with Gasteiger partial charge in [0.05, 0.1) is 17.1 Å². The highest BCUT2D eigenvalue weighted by Crippen LogP contribution is 2.33. The monoisotopic (exact) mass is 581 g/mol. The molecule has 1 heterocycles. The van der Waals surface area contributed by atoms with Gasteiger partial charge in [-0.1, -0.05) is 65.3 Å². The van der Waals surface area contributed by atoms with Crippen LogP contribution < -0.4 is 5.56 Å². The van der Waals surface area contributed by atoms with Gasteiger partial charge in [0.2, 0.25) is 9.84 Å². The first kappa shape index (κ1) is 26.5. The summed E-state index contributed by atoms with van der Waals surface area (Å²) in [6.45, 7) is 2.95. The molecule has 0 unspecified atom stereocenters. The summed E-state index contributed by atoms with van der Waals surface area (Å²) in [4.78, 5) is 38.0. The molecule has 0 atom stereocenters. The van der Waals surface area contributed by atoms with E-state index in [1.807, 2.05) is 36.4 Å². The maximum Gasteiger partial charge on any atom is 0.303 e. The van der Waals surface area contributed by atoms with E-state index in [9.17, 15) is 22.8 Å². The lowest BCUT2D eigenvalue weighted by Crippen LogP contribution is -2.28. The lowest BCUT2D eigenvalue weighted by atomic mass is 9.94. The minimum Gasteiger partial charge on any atom is -0.449 e. The van der Waals surface area contributed by atoms with Gasteiger partial charge >= 0.3 is 5.97 Å². The van der Waals surface area contributed by atoms with Crippen LogP contribution >= 0.6 is 15.9 Å². The Balaban J connectivity index is 1.89. The number of halogens is 1. The van der Waals surface area contributed by atoms with Crippen LogP contribution in [0.5, 0.6) is 0 Å². The van der Waals surface area contributed by atoms with Crippen molar-refractivity contribution in [1.82, 2.24) is 4.57 Å². The van der Waals surface area contributed by atoms with Crippen molar-refractivity contribution in [2.24, 2.45) is 0 Å². The number of fused-ring (bicyclic) bond motifs is 1. The van der Waals surface area contributed by atoms with Crippen molar-refractivity contribution in [3.05, 3.63) is 98.9 Å². The van der Waals surface area contributed by atoms with Crippen LogP contribution in [0.25, 0.3) is 21.9 Å². The Bertz CT molecular complexity index is 1660. The molecule has 4 rings (SSSR count). The number of ether oxygens (including phenoxy) is 1. The predicted octanol–water partition coefficient (Wildman–Crippen LogP) is 5.37. The SMILES string of the molecule is CCC(=O)c1c(-c2ccccc2)c2cc(Br)ccc2c(=O)n1Cc1ccc(S(=O)(=O)COC(C)=O)cc1. The molecule has 0 aliphatic rings. The van der Waals surface area contributed by atoms with Crippen LogP contribution in [0.15, 0.2) is 87.0 Å². The van der Waals surface area contributed by atoms with E-state index in [-0.39, 0.29) is 29.2 Å². The number of pyridine rings is 1. The van der Waals surface area contributed by atoms with Crippen LogP contribution in [0, 0.1) is 0 Å². The lowest BCUT2D eigenvalue weighted by molar-refractivity contribution is -0.138. The van der Waals surface area contributed by atoms with Crippen LogP contribution in [-0.4, -0.2) is 30.7 Å². The highest BCUT2D eigenvalue weighted by atomic mass is 79.9. The number of rotatable bonds is 8. The third-order valence-electron chi connectivity index (χ3n) is 5.92. The molecule has 3 aromatic carbocycles. The predicted molar refractivity (Wildman–Crippen MR) is 145 cm³/mol. The Morgan fingerprint density at radius 3 is 2.24 bits per heavy atom. The van der Waals surface area contributed by atoms with Crippen molar-refractivity contribution in [2.45, 2.75) is 31.7 Å². The fourth-order valence-corrected chi connectivity index (χ4v) is 5.51. The largest absolute Gasteiger partial charge is 0.449 e. The summed E-state index contributed by atoms with van der Waals surface area (Å²) in [6, 6.07) is 20.8. The smallest absolute Gasteiger partial charge is 0.303 e. The van der Waals surface area contributed by atoms with E-state index in [0.29, 0.717) is 27.6 Å². The van der Waals surface area contributed by atoms with Crippen LogP contribution in [0.3, 0.4) is 0 Å². The number of ketones is 1. The maximum atomic E-state index is 13.7. The zero-order valence-electron chi connectivity index (χ0n) is 20.2. The summed E-state index contributed by atoms with van der Waals surface area (Å²) >= 11 is 3.49. The second-order valence-electron chi connectivity index (χ2n) is 8.46. The molecule has 0 spiro atoms. The molecule has 0 bridgehead atoms. The molecule has 9 heteroatoms. The summed E-state index contributed by atoms with van der Waals surface area (Å²) < 4.78 is 31.8. The van der Waals surface area contributed by atoms with Gasteiger partial charge in [-0.25, -0.2) is 8.42 Å². The van der Waals surface area contributed by atoms with Crippen molar-refractivity contribution < 1.29 is 22.7 Å². The summed E-state index contributed by atoms with van der Waals surface area (Å²) in [6.07, 6.45) is 0.201. The molecule has 7 nitrogen and oxygen atoms in total. The minimum absolute atomic E-state index is 0.0111. The number of benzene rings is 3. The van der Waals surface area contributed by atoms with Crippen molar-refractivity contribution in [2.75, 3.05) is 5.94 Å². The van der Waals surface area contributed by atoms with E-state index in [4.69, 9.17) is 0 Å². The zero-order chi connectivity index (χ0) is 26.7. The number of carbonyl (C=O) groups excluding carboxylic acids is 2. The van der Waals surface area contributed by atoms with E-state index in [1.165, 1.54) is 16.7 Å². The summed E-state index contributed by atoms with van der Waals surface area (Å²) in [7, 11) is -3.82. The summed E-state index contributed by atoms with van der Waals surface area (Å²) in [5.41, 5.74) is 2.10. The Morgan fingerprint density at radius 2 is 1.62 bits per heavy atom. The Hall–Kier alpha value is -3.56. The number of hydrogen-bond donors (Lipinski definition) is 0. The van der Waals surface area contributed by atoms with Crippen molar-refractivity contribution in [1.29, 1.82) is 0 Å². The topological polar surface area (TPSA) is 99.5 Å². The molecule has 0 N–H and O–H groups in total. The molecule has 0 fully saturated rings. The molecule has 190 valence electrons. The van der Waals surface area contributed by atoms with E-state index >= 15 is 0 Å². The van der Waals surface area contributed by atoms with Gasteiger partial charge in [0, 0.05) is 28.8 Å². The first-order chi connectivity index (χ1) is 17.6. The normalized spacial score (nSPS) is 11.4. The number of hydrogen-bond acceptors (Lipinski definition) is 6. The van der Waals surface area contributed by atoms with Gasteiger partial charge in [0.15, 0.2) is 11.7 Å². The Labute approximate surface area is 222 Å². The molecule has 1 aromatic heterocycles. The zero-order valence-corrected chi connectivity index (χ0v) is 22.6. The first-order valence-electron chi connectivity index (χ1n) is 11.5. The van der Waals surface area contributed by atoms with Gasteiger partial charge in [-0.15, -0.1) is 0 Å². The number of carbonyl (C=O) groups is 2. The van der Waals surface area contributed by atoms with Crippen molar-refractivity contribution in [3.63, 3.8) is 0 Å². The summed E-state index contributed by atoms with van der Waals surface area (Å²) in [5.74, 6) is -1.62. The van der Waals surface area contributed by atoms with E-state index in [1.54, 1.807) is 31.2 Å². The van der Waals surface area contributed by atoms with Gasteiger partial charge in [-0.05, 0) is 46.8 Å². The van der Waals surface area contributed by atoms with Crippen molar-refractivity contribution >= 4 is 48.3 Å². The Morgan fingerprint density at radius 1 is 0.946 bits per heavy atom. The standard InChI is InChI=1S/C28H24BrNO6S/c1-3-25(32)27-26(20-7-5-4-6-8-20)24-15-21(29)11-14-23(24)28(33)30(27)16-19-9-12-22(13-10-19)37(34,35)17-36-18(2)31/h4-15H,3,16-17H2,1-2H3. The number of sulfone groups is 1. The second-order valence-corrected chi connectivity index (χ2v) is 11.3. The molecule has 4 aromatic rings. The van der Waals surface area contributed by atoms with Crippen molar-refractivity contribution in [3.8, 4) is 11.1 Å². The van der Waals surface area contributed by atoms with E-state index in [2.05, 4.69) is 20.7 Å². The third kappa shape index (κ3) is 5.57. The fraction of sp³-hybridized carbons (Fsp3) is 0.179. The van der Waals surface area contributed by atoms with E-state index in [0.717, 1.165) is 17.0 Å². The molecule has 0 aliphatic carbocycles. The number of Topliss-reactive ketones (excluding diaryl/α,β-unsaturated/α-hetero) is 1. The number of aromatic nitrogens is 1. The number of esters is 1. The highest BCUT2D eigenvalue weighted by Gasteiger charge is 2.23. The summed E-state index contributed by atoms with van der Waals surface area (Å²) in [5, 5.41) is 1.14.